The smallest absolute Gasteiger partial charge is 0.107 e. The predicted molar refractivity (Wildman–Crippen MR) is 59.5 cm³/mol. The zero-order valence-electron chi connectivity index (χ0n) is 8.86. The first-order valence-electron chi connectivity index (χ1n) is 5.00. The summed E-state index contributed by atoms with van der Waals surface area (Å²) >= 11 is 1.70. The second-order valence-electron chi connectivity index (χ2n) is 3.38. The summed E-state index contributed by atoms with van der Waals surface area (Å²) in [6, 6.07) is 0. The van der Waals surface area contributed by atoms with Crippen LogP contribution in [0.3, 0.4) is 0 Å². The van der Waals surface area contributed by atoms with Gasteiger partial charge in [-0.3, -0.25) is 4.90 Å². The maximum absolute atomic E-state index is 8.89. The second kappa shape index (κ2) is 6.11. The van der Waals surface area contributed by atoms with Crippen LogP contribution < -0.4 is 0 Å². The molecular formula is C10H18N2OS. The van der Waals surface area contributed by atoms with E-state index in [-0.39, 0.29) is 6.61 Å². The summed E-state index contributed by atoms with van der Waals surface area (Å²) in [6.45, 7) is 7.02. The van der Waals surface area contributed by atoms with Crippen molar-refractivity contribution in [1.82, 2.24) is 9.88 Å². The van der Waals surface area contributed by atoms with Crippen molar-refractivity contribution >= 4 is 11.3 Å². The van der Waals surface area contributed by atoms with E-state index in [1.54, 1.807) is 11.3 Å². The Kier molecular flexibility index (Phi) is 5.07. The van der Waals surface area contributed by atoms with Gasteiger partial charge in [0, 0.05) is 17.6 Å². The number of rotatable bonds is 6. The molecule has 0 saturated carbocycles. The fourth-order valence-corrected chi connectivity index (χ4v) is 2.21. The molecule has 0 aromatic carbocycles. The zero-order chi connectivity index (χ0) is 10.4. The van der Waals surface area contributed by atoms with Gasteiger partial charge in [-0.25, -0.2) is 4.98 Å². The summed E-state index contributed by atoms with van der Waals surface area (Å²) in [6.07, 6.45) is 1.12. The van der Waals surface area contributed by atoms with Crippen LogP contribution in [0.5, 0.6) is 0 Å². The number of aliphatic hydroxyl groups is 1. The molecule has 0 amide bonds. The Morgan fingerprint density at radius 3 is 2.79 bits per heavy atom. The Balaban J connectivity index is 2.46. The van der Waals surface area contributed by atoms with E-state index in [1.807, 2.05) is 6.92 Å². The SMILES string of the molecule is CCCN(CCO)Cc1nc(C)cs1. The number of hydrogen-bond donors (Lipinski definition) is 1. The molecule has 1 heterocycles. The first-order valence-corrected chi connectivity index (χ1v) is 5.88. The van der Waals surface area contributed by atoms with Crippen molar-refractivity contribution in [3.8, 4) is 0 Å². The van der Waals surface area contributed by atoms with E-state index < -0.39 is 0 Å². The monoisotopic (exact) mass is 214 g/mol. The van der Waals surface area contributed by atoms with Crippen LogP contribution >= 0.6 is 11.3 Å². The minimum Gasteiger partial charge on any atom is -0.395 e. The molecule has 1 aromatic heterocycles. The van der Waals surface area contributed by atoms with Crippen LogP contribution in [-0.4, -0.2) is 34.7 Å². The summed E-state index contributed by atoms with van der Waals surface area (Å²) in [5.74, 6) is 0. The lowest BCUT2D eigenvalue weighted by atomic mass is 10.4. The average molecular weight is 214 g/mol. The lowest BCUT2D eigenvalue weighted by Gasteiger charge is -2.18. The van der Waals surface area contributed by atoms with Gasteiger partial charge in [-0.1, -0.05) is 6.92 Å². The predicted octanol–water partition coefficient (Wildman–Crippen LogP) is 1.66. The standard InChI is InChI=1S/C10H18N2OS/c1-3-4-12(5-6-13)7-10-11-9(2)8-14-10/h8,13H,3-7H2,1-2H3. The van der Waals surface area contributed by atoms with E-state index in [9.17, 15) is 0 Å². The van der Waals surface area contributed by atoms with E-state index in [0.29, 0.717) is 0 Å². The minimum absolute atomic E-state index is 0.227. The first kappa shape index (κ1) is 11.6. The van der Waals surface area contributed by atoms with Crippen LogP contribution in [0, 0.1) is 6.92 Å². The first-order chi connectivity index (χ1) is 6.76. The molecule has 4 heteroatoms. The van der Waals surface area contributed by atoms with Gasteiger partial charge in [-0.2, -0.15) is 0 Å². The molecule has 1 rings (SSSR count). The molecule has 0 aliphatic carbocycles. The van der Waals surface area contributed by atoms with Crippen LogP contribution in [-0.2, 0) is 6.54 Å². The van der Waals surface area contributed by atoms with Crippen molar-refractivity contribution < 1.29 is 5.11 Å². The highest BCUT2D eigenvalue weighted by atomic mass is 32.1. The molecular weight excluding hydrogens is 196 g/mol. The Labute approximate surface area is 89.4 Å². The molecule has 1 N–H and O–H groups in total. The van der Waals surface area contributed by atoms with Crippen molar-refractivity contribution in [2.45, 2.75) is 26.8 Å². The van der Waals surface area contributed by atoms with E-state index >= 15 is 0 Å². The van der Waals surface area contributed by atoms with Crippen molar-refractivity contribution in [2.24, 2.45) is 0 Å². The maximum Gasteiger partial charge on any atom is 0.107 e. The van der Waals surface area contributed by atoms with E-state index in [0.717, 1.165) is 36.8 Å². The van der Waals surface area contributed by atoms with Crippen molar-refractivity contribution in [1.29, 1.82) is 0 Å². The summed E-state index contributed by atoms with van der Waals surface area (Å²) in [5.41, 5.74) is 1.09. The van der Waals surface area contributed by atoms with Crippen LogP contribution in [0.1, 0.15) is 24.0 Å². The summed E-state index contributed by atoms with van der Waals surface area (Å²) in [4.78, 5) is 6.64. The molecule has 80 valence electrons. The molecule has 0 atom stereocenters. The highest BCUT2D eigenvalue weighted by Crippen LogP contribution is 2.11. The topological polar surface area (TPSA) is 36.4 Å². The number of aliphatic hydroxyl groups excluding tert-OH is 1. The van der Waals surface area contributed by atoms with E-state index in [1.165, 1.54) is 0 Å². The van der Waals surface area contributed by atoms with Gasteiger partial charge in [-0.05, 0) is 19.9 Å². The van der Waals surface area contributed by atoms with E-state index in [4.69, 9.17) is 5.11 Å². The zero-order valence-corrected chi connectivity index (χ0v) is 9.68. The Bertz CT molecular complexity index is 256. The largest absolute Gasteiger partial charge is 0.395 e. The highest BCUT2D eigenvalue weighted by Gasteiger charge is 2.06. The number of nitrogens with zero attached hydrogens (tertiary/aromatic N) is 2. The lowest BCUT2D eigenvalue weighted by Crippen LogP contribution is -2.27. The highest BCUT2D eigenvalue weighted by molar-refractivity contribution is 7.09. The number of hydrogen-bond acceptors (Lipinski definition) is 4. The number of aromatic nitrogens is 1. The molecule has 0 spiro atoms. The lowest BCUT2D eigenvalue weighted by molar-refractivity contribution is 0.190. The third kappa shape index (κ3) is 3.74. The normalized spacial score (nSPS) is 11.1. The Hall–Kier alpha value is -0.450. The molecule has 0 bridgehead atoms. The van der Waals surface area contributed by atoms with Gasteiger partial charge < -0.3 is 5.11 Å². The summed E-state index contributed by atoms with van der Waals surface area (Å²) in [7, 11) is 0. The van der Waals surface area contributed by atoms with E-state index in [2.05, 4.69) is 22.2 Å². The van der Waals surface area contributed by atoms with Crippen LogP contribution in [0.15, 0.2) is 5.38 Å². The summed E-state index contributed by atoms with van der Waals surface area (Å²) in [5, 5.41) is 12.1. The van der Waals surface area contributed by atoms with Crippen molar-refractivity contribution in [3.05, 3.63) is 16.1 Å². The van der Waals surface area contributed by atoms with Crippen LogP contribution in [0.25, 0.3) is 0 Å². The number of thiazole rings is 1. The second-order valence-corrected chi connectivity index (χ2v) is 4.33. The van der Waals surface area contributed by atoms with Gasteiger partial charge in [0.2, 0.25) is 0 Å². The fraction of sp³-hybridized carbons (Fsp3) is 0.700. The molecule has 0 aliphatic rings. The van der Waals surface area contributed by atoms with Crippen LogP contribution in [0.4, 0.5) is 0 Å². The molecule has 14 heavy (non-hydrogen) atoms. The quantitative estimate of drug-likeness (QED) is 0.782. The van der Waals surface area contributed by atoms with Gasteiger partial charge in [0.25, 0.3) is 0 Å². The number of aryl methyl sites for hydroxylation is 1. The summed E-state index contributed by atoms with van der Waals surface area (Å²) < 4.78 is 0. The van der Waals surface area contributed by atoms with Gasteiger partial charge >= 0.3 is 0 Å². The molecule has 0 aliphatic heterocycles. The van der Waals surface area contributed by atoms with Crippen molar-refractivity contribution in [3.63, 3.8) is 0 Å². The van der Waals surface area contributed by atoms with Gasteiger partial charge in [0.05, 0.1) is 13.2 Å². The van der Waals surface area contributed by atoms with Gasteiger partial charge in [0.15, 0.2) is 0 Å². The molecule has 1 aromatic rings. The van der Waals surface area contributed by atoms with Crippen molar-refractivity contribution in [2.75, 3.05) is 19.7 Å². The van der Waals surface area contributed by atoms with Crippen LogP contribution in [0.2, 0.25) is 0 Å². The average Bonchev–Trinajstić information content (AvgIpc) is 2.52. The molecule has 0 radical (unpaired) electrons. The third-order valence-electron chi connectivity index (χ3n) is 1.98. The van der Waals surface area contributed by atoms with Gasteiger partial charge in [0.1, 0.15) is 5.01 Å². The Morgan fingerprint density at radius 1 is 1.50 bits per heavy atom. The third-order valence-corrected chi connectivity index (χ3v) is 2.93. The van der Waals surface area contributed by atoms with Gasteiger partial charge in [-0.15, -0.1) is 11.3 Å². The molecule has 0 saturated heterocycles. The minimum atomic E-state index is 0.227. The fourth-order valence-electron chi connectivity index (χ4n) is 1.39. The molecule has 0 fully saturated rings. The Morgan fingerprint density at radius 2 is 2.29 bits per heavy atom. The maximum atomic E-state index is 8.89. The molecule has 0 unspecified atom stereocenters. The molecule has 3 nitrogen and oxygen atoms in total.